The number of hydrogen-bond donors (Lipinski definition) is 2. The van der Waals surface area contributed by atoms with Crippen molar-refractivity contribution in [1.82, 2.24) is 4.90 Å². The van der Waals surface area contributed by atoms with Crippen LogP contribution < -0.4 is 11.1 Å². The number of nitrogens with two attached hydrogens (primary N) is 1. The van der Waals surface area contributed by atoms with Gasteiger partial charge < -0.3 is 16.0 Å². The highest BCUT2D eigenvalue weighted by atomic mass is 16.2. The number of benzene rings is 2. The van der Waals surface area contributed by atoms with Crippen LogP contribution in [0.1, 0.15) is 95.1 Å². The van der Waals surface area contributed by atoms with Crippen molar-refractivity contribution in [2.75, 3.05) is 5.32 Å². The largest absolute Gasteiger partial charge is 0.334 e. The molecule has 1 aliphatic rings. The third-order valence-corrected chi connectivity index (χ3v) is 6.80. The van der Waals surface area contributed by atoms with Crippen LogP contribution >= 0.6 is 0 Å². The van der Waals surface area contributed by atoms with E-state index in [2.05, 4.69) is 46.9 Å². The van der Waals surface area contributed by atoms with Crippen LogP contribution in [0.5, 0.6) is 0 Å². The Kier molecular flexibility index (Phi) is 8.42. The average Bonchev–Trinajstić information content (AvgIpc) is 2.77. The Morgan fingerprint density at radius 3 is 2.17 bits per heavy atom. The first-order valence-corrected chi connectivity index (χ1v) is 12.9. The van der Waals surface area contributed by atoms with E-state index in [1.807, 2.05) is 53.4 Å². The molecule has 3 rings (SSSR count). The molecule has 2 amide bonds. The molecule has 0 bridgehead atoms. The third kappa shape index (κ3) is 7.41. The molecule has 2 aromatic rings. The molecular weight excluding hydrogens is 434 g/mol. The van der Waals surface area contributed by atoms with Crippen LogP contribution in [-0.2, 0) is 16.8 Å². The quantitative estimate of drug-likeness (QED) is 0.515. The van der Waals surface area contributed by atoms with Gasteiger partial charge in [-0.2, -0.15) is 0 Å². The third-order valence-electron chi connectivity index (χ3n) is 6.80. The van der Waals surface area contributed by atoms with Gasteiger partial charge in [-0.3, -0.25) is 9.59 Å². The van der Waals surface area contributed by atoms with E-state index in [4.69, 9.17) is 5.73 Å². The maximum atomic E-state index is 13.5. The van der Waals surface area contributed by atoms with Crippen LogP contribution in [0.15, 0.2) is 48.5 Å². The molecule has 0 spiro atoms. The standard InChI is InChI=1S/C30H43N3O2/c1-29(2,3)19-27(34)33(26-14-10-8-12-24(26)31)20-22-11-7-9-13-25(22)32-28(35)21-15-17-23(18-16-21)30(4,5)6/h7,9,11,13,15-18,24,26H,8,10,12,14,19-20,31H2,1-6H3,(H,32,35). The summed E-state index contributed by atoms with van der Waals surface area (Å²) in [7, 11) is 0. The monoisotopic (exact) mass is 477 g/mol. The summed E-state index contributed by atoms with van der Waals surface area (Å²) in [6.07, 6.45) is 4.52. The number of hydrogen-bond acceptors (Lipinski definition) is 3. The lowest BCUT2D eigenvalue weighted by Crippen LogP contribution is -2.52. The summed E-state index contributed by atoms with van der Waals surface area (Å²) in [5.41, 5.74) is 9.89. The second-order valence-corrected chi connectivity index (χ2v) is 12.2. The lowest BCUT2D eigenvalue weighted by atomic mass is 9.86. The van der Waals surface area contributed by atoms with Gasteiger partial charge in [-0.15, -0.1) is 0 Å². The minimum absolute atomic E-state index is 0.0178. The van der Waals surface area contributed by atoms with E-state index < -0.39 is 0 Å². The number of nitrogens with zero attached hydrogens (tertiary/aromatic N) is 1. The number of rotatable bonds is 6. The molecule has 190 valence electrons. The molecule has 0 heterocycles. The van der Waals surface area contributed by atoms with Crippen molar-refractivity contribution in [2.45, 2.75) is 97.7 Å². The molecule has 0 saturated heterocycles. The second-order valence-electron chi connectivity index (χ2n) is 12.2. The predicted octanol–water partition coefficient (Wildman–Crippen LogP) is 6.27. The normalized spacial score (nSPS) is 18.7. The van der Waals surface area contributed by atoms with Crippen molar-refractivity contribution >= 4 is 17.5 Å². The number of carbonyl (C=O) groups excluding carboxylic acids is 2. The first-order valence-electron chi connectivity index (χ1n) is 12.9. The van der Waals surface area contributed by atoms with Crippen molar-refractivity contribution in [1.29, 1.82) is 0 Å². The van der Waals surface area contributed by atoms with Gasteiger partial charge in [0.25, 0.3) is 5.91 Å². The summed E-state index contributed by atoms with van der Waals surface area (Å²) in [6, 6.07) is 15.5. The lowest BCUT2D eigenvalue weighted by molar-refractivity contribution is -0.137. The van der Waals surface area contributed by atoms with Gasteiger partial charge in [0.05, 0.1) is 0 Å². The van der Waals surface area contributed by atoms with Crippen molar-refractivity contribution in [2.24, 2.45) is 11.1 Å². The maximum Gasteiger partial charge on any atom is 0.255 e. The molecule has 1 aliphatic carbocycles. The van der Waals surface area contributed by atoms with E-state index in [9.17, 15) is 9.59 Å². The fraction of sp³-hybridized carbons (Fsp3) is 0.533. The fourth-order valence-electron chi connectivity index (χ4n) is 4.75. The van der Waals surface area contributed by atoms with Crippen molar-refractivity contribution in [3.8, 4) is 0 Å². The summed E-state index contributed by atoms with van der Waals surface area (Å²) >= 11 is 0. The van der Waals surface area contributed by atoms with Crippen LogP contribution in [0, 0.1) is 5.41 Å². The number of para-hydroxylation sites is 1. The van der Waals surface area contributed by atoms with Gasteiger partial charge in [-0.1, -0.05) is 84.7 Å². The first kappa shape index (κ1) is 26.9. The highest BCUT2D eigenvalue weighted by Crippen LogP contribution is 2.29. The molecule has 1 saturated carbocycles. The Morgan fingerprint density at radius 2 is 1.57 bits per heavy atom. The highest BCUT2D eigenvalue weighted by Gasteiger charge is 2.33. The average molecular weight is 478 g/mol. The molecule has 1 fully saturated rings. The highest BCUT2D eigenvalue weighted by molar-refractivity contribution is 6.04. The zero-order chi connectivity index (χ0) is 25.8. The Balaban J connectivity index is 1.83. The van der Waals surface area contributed by atoms with Gasteiger partial charge in [0, 0.05) is 36.3 Å². The van der Waals surface area contributed by atoms with Gasteiger partial charge >= 0.3 is 0 Å². The SMILES string of the molecule is CC(C)(C)CC(=O)N(Cc1ccccc1NC(=O)c1ccc(C(C)(C)C)cc1)C1CCCCC1N. The number of carbonyl (C=O) groups is 2. The minimum atomic E-state index is -0.153. The first-order chi connectivity index (χ1) is 16.3. The molecule has 2 unspecified atom stereocenters. The van der Waals surface area contributed by atoms with Gasteiger partial charge in [0.15, 0.2) is 0 Å². The smallest absolute Gasteiger partial charge is 0.255 e. The topological polar surface area (TPSA) is 75.4 Å². The van der Waals surface area contributed by atoms with E-state index in [1.165, 1.54) is 5.56 Å². The van der Waals surface area contributed by atoms with Crippen LogP contribution in [0.4, 0.5) is 5.69 Å². The van der Waals surface area contributed by atoms with E-state index >= 15 is 0 Å². The predicted molar refractivity (Wildman–Crippen MR) is 144 cm³/mol. The van der Waals surface area contributed by atoms with E-state index in [0.29, 0.717) is 18.5 Å². The molecule has 0 aromatic heterocycles. The Hall–Kier alpha value is -2.66. The summed E-state index contributed by atoms with van der Waals surface area (Å²) in [4.78, 5) is 28.5. The molecule has 0 aliphatic heterocycles. The molecule has 5 heteroatoms. The number of nitrogens with one attached hydrogen (secondary N) is 1. The van der Waals surface area contributed by atoms with Crippen molar-refractivity contribution < 1.29 is 9.59 Å². The molecule has 2 aromatic carbocycles. The molecular formula is C30H43N3O2. The number of anilines is 1. The van der Waals surface area contributed by atoms with Crippen LogP contribution in [0.2, 0.25) is 0 Å². The second kappa shape index (κ2) is 10.9. The van der Waals surface area contributed by atoms with Crippen molar-refractivity contribution in [3.63, 3.8) is 0 Å². The lowest BCUT2D eigenvalue weighted by Gasteiger charge is -2.40. The fourth-order valence-corrected chi connectivity index (χ4v) is 4.75. The Labute approximate surface area is 211 Å². The van der Waals surface area contributed by atoms with Gasteiger partial charge in [-0.05, 0) is 53.0 Å². The zero-order valence-corrected chi connectivity index (χ0v) is 22.4. The van der Waals surface area contributed by atoms with E-state index in [-0.39, 0.29) is 34.7 Å². The summed E-state index contributed by atoms with van der Waals surface area (Å²) < 4.78 is 0. The Morgan fingerprint density at radius 1 is 0.943 bits per heavy atom. The molecule has 3 N–H and O–H groups in total. The van der Waals surface area contributed by atoms with Gasteiger partial charge in [-0.25, -0.2) is 0 Å². The minimum Gasteiger partial charge on any atom is -0.334 e. The van der Waals surface area contributed by atoms with Crippen LogP contribution in [-0.4, -0.2) is 28.8 Å². The molecule has 35 heavy (non-hydrogen) atoms. The zero-order valence-electron chi connectivity index (χ0n) is 22.4. The van der Waals surface area contributed by atoms with Gasteiger partial charge in [0.2, 0.25) is 5.91 Å². The number of amides is 2. The van der Waals surface area contributed by atoms with E-state index in [1.54, 1.807) is 0 Å². The van der Waals surface area contributed by atoms with Crippen molar-refractivity contribution in [3.05, 3.63) is 65.2 Å². The molecule has 0 radical (unpaired) electrons. The van der Waals surface area contributed by atoms with E-state index in [0.717, 1.165) is 36.9 Å². The maximum absolute atomic E-state index is 13.5. The summed E-state index contributed by atoms with van der Waals surface area (Å²) in [6.45, 7) is 13.2. The summed E-state index contributed by atoms with van der Waals surface area (Å²) in [5, 5.41) is 3.08. The summed E-state index contributed by atoms with van der Waals surface area (Å²) in [5.74, 6) is -0.0291. The molecule has 2 atom stereocenters. The van der Waals surface area contributed by atoms with Crippen LogP contribution in [0.3, 0.4) is 0 Å². The van der Waals surface area contributed by atoms with Gasteiger partial charge in [0.1, 0.15) is 0 Å². The molecule has 5 nitrogen and oxygen atoms in total. The van der Waals surface area contributed by atoms with Crippen LogP contribution in [0.25, 0.3) is 0 Å². The Bertz CT molecular complexity index is 1020.